The van der Waals surface area contributed by atoms with Gasteiger partial charge >= 0.3 is 0 Å². The lowest BCUT2D eigenvalue weighted by molar-refractivity contribution is -0.124. The van der Waals surface area contributed by atoms with E-state index in [0.29, 0.717) is 40.3 Å². The van der Waals surface area contributed by atoms with Crippen LogP contribution in [0, 0.1) is 11.3 Å². The van der Waals surface area contributed by atoms with E-state index < -0.39 is 5.91 Å². The maximum absolute atomic E-state index is 11.9. The Morgan fingerprint density at radius 1 is 1.20 bits per heavy atom. The fourth-order valence-corrected chi connectivity index (χ4v) is 3.12. The van der Waals surface area contributed by atoms with Crippen LogP contribution < -0.4 is 16.0 Å². The Morgan fingerprint density at radius 2 is 2.00 bits per heavy atom. The molecule has 1 saturated heterocycles. The van der Waals surface area contributed by atoms with E-state index in [4.69, 9.17) is 5.26 Å². The van der Waals surface area contributed by atoms with Gasteiger partial charge in [0.1, 0.15) is 0 Å². The van der Waals surface area contributed by atoms with E-state index in [1.54, 1.807) is 41.1 Å². The average Bonchev–Trinajstić information content (AvgIpc) is 3.37. The second-order valence-corrected chi connectivity index (χ2v) is 7.16. The quantitative estimate of drug-likeness (QED) is 0.435. The van der Waals surface area contributed by atoms with Crippen LogP contribution in [0.3, 0.4) is 0 Å². The minimum absolute atomic E-state index is 0.0325. The Balaban J connectivity index is 1.55. The van der Waals surface area contributed by atoms with E-state index in [9.17, 15) is 9.59 Å². The summed E-state index contributed by atoms with van der Waals surface area (Å²) in [6.45, 7) is 0. The lowest BCUT2D eigenvalue weighted by atomic mass is 10.1. The van der Waals surface area contributed by atoms with Crippen molar-refractivity contribution in [2.75, 3.05) is 10.6 Å². The molecule has 2 amide bonds. The van der Waals surface area contributed by atoms with Gasteiger partial charge in [-0.15, -0.1) is 0 Å². The van der Waals surface area contributed by atoms with Gasteiger partial charge in [0, 0.05) is 22.9 Å². The number of carbonyl (C=O) groups excluding carboxylic acids is 2. The summed E-state index contributed by atoms with van der Waals surface area (Å²) < 4.78 is 1.59. The minimum atomic E-state index is -0.402. The first kappa shape index (κ1) is 17.8. The molecule has 0 spiro atoms. The molecule has 2 aliphatic rings. The molecule has 3 heterocycles. The summed E-state index contributed by atoms with van der Waals surface area (Å²) in [6, 6.07) is 9.37. The smallest absolute Gasteiger partial charge is 0.254 e. The maximum Gasteiger partial charge on any atom is 0.254 e. The number of hydrogen-bond acceptors (Lipinski definition) is 8. The number of rotatable bonds is 5. The van der Waals surface area contributed by atoms with Crippen molar-refractivity contribution < 1.29 is 9.59 Å². The predicted octanol–water partition coefficient (Wildman–Crippen LogP) is 1.74. The fraction of sp³-hybridized carbons (Fsp3) is 0.200. The van der Waals surface area contributed by atoms with E-state index in [1.807, 2.05) is 0 Å². The Morgan fingerprint density at radius 3 is 2.67 bits per heavy atom. The Labute approximate surface area is 170 Å². The van der Waals surface area contributed by atoms with Gasteiger partial charge in [-0.3, -0.25) is 14.9 Å². The summed E-state index contributed by atoms with van der Waals surface area (Å²) in [5.74, 6) is 0.162. The number of amides is 2. The van der Waals surface area contributed by atoms with Crippen molar-refractivity contribution >= 4 is 41.1 Å². The summed E-state index contributed by atoms with van der Waals surface area (Å²) in [5, 5.41) is 22.1. The Kier molecular flexibility index (Phi) is 4.14. The molecule has 0 unspecified atom stereocenters. The molecule has 2 aromatic heterocycles. The zero-order valence-electron chi connectivity index (χ0n) is 15.7. The van der Waals surface area contributed by atoms with Crippen molar-refractivity contribution in [3.8, 4) is 6.07 Å². The molecule has 2 fully saturated rings. The number of anilines is 3. The molecule has 1 aliphatic carbocycles. The summed E-state index contributed by atoms with van der Waals surface area (Å²) in [4.78, 5) is 32.5. The van der Waals surface area contributed by atoms with Gasteiger partial charge in [0.25, 0.3) is 5.91 Å². The standard InChI is InChI=1S/C20H16N8O2/c21-9-11-1-3-14(4-2-11)23-19-26-17-13(7-12-8-16(29)25-18(12)30)10-22-28(17)20(27-19)24-15-5-6-15/h1-4,7,10,15H,5-6,8H2,(H,25,29,30)(H2,23,24,26,27)/b12-7+. The van der Waals surface area contributed by atoms with Crippen LogP contribution >= 0.6 is 0 Å². The van der Waals surface area contributed by atoms with Crippen molar-refractivity contribution in [2.45, 2.75) is 25.3 Å². The van der Waals surface area contributed by atoms with E-state index in [2.05, 4.69) is 37.1 Å². The molecule has 5 rings (SSSR count). The number of nitrogens with zero attached hydrogens (tertiary/aromatic N) is 5. The molecule has 10 heteroatoms. The van der Waals surface area contributed by atoms with Gasteiger partial charge in [-0.25, -0.2) is 0 Å². The van der Waals surface area contributed by atoms with E-state index >= 15 is 0 Å². The highest BCUT2D eigenvalue weighted by Crippen LogP contribution is 2.27. The van der Waals surface area contributed by atoms with Crippen molar-refractivity contribution in [1.29, 1.82) is 5.26 Å². The second-order valence-electron chi connectivity index (χ2n) is 7.16. The number of nitrogens with one attached hydrogen (secondary N) is 3. The molecule has 1 aliphatic heterocycles. The summed E-state index contributed by atoms with van der Waals surface area (Å²) in [5.41, 5.74) is 2.77. The molecule has 10 nitrogen and oxygen atoms in total. The van der Waals surface area contributed by atoms with Gasteiger partial charge in [-0.1, -0.05) is 0 Å². The number of imide groups is 1. The predicted molar refractivity (Wildman–Crippen MR) is 108 cm³/mol. The molecule has 1 saturated carbocycles. The van der Waals surface area contributed by atoms with Crippen LogP contribution in [0.2, 0.25) is 0 Å². The van der Waals surface area contributed by atoms with Gasteiger partial charge in [-0.05, 0) is 43.2 Å². The summed E-state index contributed by atoms with van der Waals surface area (Å²) >= 11 is 0. The van der Waals surface area contributed by atoms with Crippen LogP contribution in [-0.2, 0) is 9.59 Å². The molecule has 0 radical (unpaired) electrons. The molecule has 0 atom stereocenters. The van der Waals surface area contributed by atoms with Crippen molar-refractivity contribution in [3.05, 3.63) is 47.2 Å². The molecule has 1 aromatic carbocycles. The topological polar surface area (TPSA) is 137 Å². The van der Waals surface area contributed by atoms with E-state index in [0.717, 1.165) is 18.5 Å². The third kappa shape index (κ3) is 3.44. The third-order valence-electron chi connectivity index (χ3n) is 4.80. The number of nitriles is 1. The Hall–Kier alpha value is -4.26. The molecular formula is C20H16N8O2. The summed E-state index contributed by atoms with van der Waals surface area (Å²) in [6.07, 6.45) is 5.37. The van der Waals surface area contributed by atoms with E-state index in [-0.39, 0.29) is 12.3 Å². The van der Waals surface area contributed by atoms with E-state index in [1.165, 1.54) is 0 Å². The maximum atomic E-state index is 11.9. The van der Waals surface area contributed by atoms with Crippen molar-refractivity contribution in [2.24, 2.45) is 0 Å². The minimum Gasteiger partial charge on any atom is -0.351 e. The molecule has 148 valence electrons. The monoisotopic (exact) mass is 400 g/mol. The van der Waals surface area contributed by atoms with Crippen LogP contribution in [0.5, 0.6) is 0 Å². The molecule has 3 N–H and O–H groups in total. The SMILES string of the molecule is N#Cc1ccc(Nc2nc(NC3CC3)n3ncc(/C=C4\CC(=O)NC4=O)c3n2)cc1. The Bertz CT molecular complexity index is 1250. The molecule has 30 heavy (non-hydrogen) atoms. The van der Waals surface area contributed by atoms with Crippen LogP contribution in [0.15, 0.2) is 36.0 Å². The normalized spacial score (nSPS) is 17.2. The zero-order chi connectivity index (χ0) is 20.7. The lowest BCUT2D eigenvalue weighted by Crippen LogP contribution is -2.19. The average molecular weight is 400 g/mol. The highest BCUT2D eigenvalue weighted by molar-refractivity contribution is 6.15. The first-order valence-electron chi connectivity index (χ1n) is 9.43. The van der Waals surface area contributed by atoms with Gasteiger partial charge in [0.05, 0.1) is 24.3 Å². The fourth-order valence-electron chi connectivity index (χ4n) is 3.12. The lowest BCUT2D eigenvalue weighted by Gasteiger charge is -2.10. The number of benzene rings is 1. The van der Waals surface area contributed by atoms with Gasteiger partial charge in [-0.2, -0.15) is 24.8 Å². The number of hydrogen-bond donors (Lipinski definition) is 3. The number of aromatic nitrogens is 4. The number of fused-ring (bicyclic) bond motifs is 1. The van der Waals surface area contributed by atoms with Crippen molar-refractivity contribution in [3.63, 3.8) is 0 Å². The first-order chi connectivity index (χ1) is 14.6. The largest absolute Gasteiger partial charge is 0.351 e. The first-order valence-corrected chi connectivity index (χ1v) is 9.43. The summed E-state index contributed by atoms with van der Waals surface area (Å²) in [7, 11) is 0. The highest BCUT2D eigenvalue weighted by atomic mass is 16.2. The third-order valence-corrected chi connectivity index (χ3v) is 4.80. The molecule has 3 aromatic rings. The van der Waals surface area contributed by atoms with Gasteiger partial charge in [0.2, 0.25) is 17.8 Å². The molecule has 0 bridgehead atoms. The zero-order valence-corrected chi connectivity index (χ0v) is 15.7. The van der Waals surface area contributed by atoms with Crippen molar-refractivity contribution in [1.82, 2.24) is 24.9 Å². The van der Waals surface area contributed by atoms with Gasteiger partial charge < -0.3 is 10.6 Å². The van der Waals surface area contributed by atoms with Gasteiger partial charge in [0.15, 0.2) is 5.65 Å². The number of carbonyl (C=O) groups is 2. The second kappa shape index (κ2) is 6.97. The van der Waals surface area contributed by atoms with Crippen LogP contribution in [0.25, 0.3) is 11.7 Å². The van der Waals surface area contributed by atoms with Crippen LogP contribution in [0.4, 0.5) is 17.6 Å². The van der Waals surface area contributed by atoms with Crippen LogP contribution in [0.1, 0.15) is 30.4 Å². The highest BCUT2D eigenvalue weighted by Gasteiger charge is 2.26. The van der Waals surface area contributed by atoms with Crippen LogP contribution in [-0.4, -0.2) is 37.4 Å². The molecular weight excluding hydrogens is 384 g/mol.